The van der Waals surface area contributed by atoms with Crippen molar-refractivity contribution >= 4 is 23.3 Å². The number of urea groups is 1. The third-order valence-electron chi connectivity index (χ3n) is 3.13. The van der Waals surface area contributed by atoms with Crippen LogP contribution in [-0.2, 0) is 6.54 Å². The molecule has 1 heterocycles. The first kappa shape index (κ1) is 15.1. The second-order valence-electron chi connectivity index (χ2n) is 4.86. The van der Waals surface area contributed by atoms with Crippen molar-refractivity contribution in [2.24, 2.45) is 0 Å². The van der Waals surface area contributed by atoms with Crippen LogP contribution in [0.2, 0.25) is 5.02 Å². The van der Waals surface area contributed by atoms with E-state index < -0.39 is 0 Å². The highest BCUT2D eigenvalue weighted by Crippen LogP contribution is 2.18. The Labute approximate surface area is 138 Å². The van der Waals surface area contributed by atoms with Crippen LogP contribution in [0.25, 0.3) is 11.3 Å². The molecule has 0 fully saturated rings. The summed E-state index contributed by atoms with van der Waals surface area (Å²) < 4.78 is 5.23. The van der Waals surface area contributed by atoms with E-state index in [2.05, 4.69) is 15.8 Å². The van der Waals surface area contributed by atoms with Gasteiger partial charge in [0.2, 0.25) is 0 Å². The summed E-state index contributed by atoms with van der Waals surface area (Å²) in [5, 5.41) is 9.96. The first-order valence-electron chi connectivity index (χ1n) is 7.02. The zero-order valence-electron chi connectivity index (χ0n) is 12.1. The highest BCUT2D eigenvalue weighted by atomic mass is 35.5. The molecule has 0 unspecified atom stereocenters. The van der Waals surface area contributed by atoms with Crippen molar-refractivity contribution in [3.8, 4) is 11.3 Å². The summed E-state index contributed by atoms with van der Waals surface area (Å²) >= 11 is 5.87. The Morgan fingerprint density at radius 1 is 1.09 bits per heavy atom. The first-order chi connectivity index (χ1) is 11.2. The fourth-order valence-corrected chi connectivity index (χ4v) is 2.24. The van der Waals surface area contributed by atoms with Gasteiger partial charge in [-0.1, -0.05) is 53.2 Å². The molecule has 0 aliphatic heterocycles. The number of aromatic nitrogens is 1. The third kappa shape index (κ3) is 4.11. The van der Waals surface area contributed by atoms with Gasteiger partial charge < -0.3 is 15.2 Å². The maximum Gasteiger partial charge on any atom is 0.319 e. The van der Waals surface area contributed by atoms with Gasteiger partial charge in [0.15, 0.2) is 5.76 Å². The summed E-state index contributed by atoms with van der Waals surface area (Å²) in [6, 6.07) is 18.1. The highest BCUT2D eigenvalue weighted by molar-refractivity contribution is 6.30. The van der Waals surface area contributed by atoms with Crippen LogP contribution < -0.4 is 10.6 Å². The monoisotopic (exact) mass is 327 g/mol. The maximum absolute atomic E-state index is 11.8. The number of carbonyl (C=O) groups is 1. The Balaban J connectivity index is 1.56. The van der Waals surface area contributed by atoms with E-state index >= 15 is 0 Å². The van der Waals surface area contributed by atoms with Gasteiger partial charge >= 0.3 is 6.03 Å². The lowest BCUT2D eigenvalue weighted by Crippen LogP contribution is -2.27. The van der Waals surface area contributed by atoms with Gasteiger partial charge in [-0.3, -0.25) is 0 Å². The standard InChI is InChI=1S/C17H14ClN3O2/c18-13-7-4-8-14(9-13)20-17(22)19-11-15-10-16(21-23-15)12-5-2-1-3-6-12/h1-10H,11H2,(H2,19,20,22). The molecule has 23 heavy (non-hydrogen) atoms. The number of hydrogen-bond acceptors (Lipinski definition) is 3. The van der Waals surface area contributed by atoms with Crippen molar-refractivity contribution in [3.63, 3.8) is 0 Å². The largest absolute Gasteiger partial charge is 0.359 e. The van der Waals surface area contributed by atoms with E-state index in [1.165, 1.54) is 0 Å². The number of benzene rings is 2. The van der Waals surface area contributed by atoms with Gasteiger partial charge in [0.25, 0.3) is 0 Å². The lowest BCUT2D eigenvalue weighted by molar-refractivity contribution is 0.250. The molecule has 3 rings (SSSR count). The molecular weight excluding hydrogens is 314 g/mol. The molecule has 2 aromatic carbocycles. The van der Waals surface area contributed by atoms with Crippen LogP contribution in [-0.4, -0.2) is 11.2 Å². The van der Waals surface area contributed by atoms with Gasteiger partial charge in [-0.25, -0.2) is 4.79 Å². The second kappa shape index (κ2) is 6.98. The van der Waals surface area contributed by atoms with Crippen molar-refractivity contribution < 1.29 is 9.32 Å². The minimum Gasteiger partial charge on any atom is -0.359 e. The number of rotatable bonds is 4. The maximum atomic E-state index is 11.8. The Kier molecular flexibility index (Phi) is 4.59. The smallest absolute Gasteiger partial charge is 0.319 e. The molecular formula is C17H14ClN3O2. The molecule has 116 valence electrons. The summed E-state index contributed by atoms with van der Waals surface area (Å²) in [5.41, 5.74) is 2.32. The molecule has 0 saturated heterocycles. The number of halogens is 1. The Hall–Kier alpha value is -2.79. The normalized spacial score (nSPS) is 10.3. The van der Waals surface area contributed by atoms with E-state index in [0.29, 0.717) is 16.5 Å². The fourth-order valence-electron chi connectivity index (χ4n) is 2.05. The van der Waals surface area contributed by atoms with Crippen LogP contribution in [0.5, 0.6) is 0 Å². The molecule has 0 aliphatic carbocycles. The molecule has 1 aromatic heterocycles. The molecule has 2 amide bonds. The van der Waals surface area contributed by atoms with Crippen molar-refractivity contribution in [2.75, 3.05) is 5.32 Å². The quantitative estimate of drug-likeness (QED) is 0.750. The van der Waals surface area contributed by atoms with Gasteiger partial charge in [0, 0.05) is 22.3 Å². The van der Waals surface area contributed by atoms with Gasteiger partial charge in [-0.2, -0.15) is 0 Å². The number of nitrogens with one attached hydrogen (secondary N) is 2. The Morgan fingerprint density at radius 2 is 1.91 bits per heavy atom. The van der Waals surface area contributed by atoms with Crippen molar-refractivity contribution in [1.82, 2.24) is 10.5 Å². The topological polar surface area (TPSA) is 67.2 Å². The summed E-state index contributed by atoms with van der Waals surface area (Å²) in [4.78, 5) is 11.8. The highest BCUT2D eigenvalue weighted by Gasteiger charge is 2.08. The molecule has 3 aromatic rings. The van der Waals surface area contributed by atoms with E-state index in [-0.39, 0.29) is 12.6 Å². The van der Waals surface area contributed by atoms with Gasteiger partial charge in [-0.05, 0) is 18.2 Å². The van der Waals surface area contributed by atoms with Gasteiger partial charge in [-0.15, -0.1) is 0 Å². The molecule has 0 bridgehead atoms. The van der Waals surface area contributed by atoms with E-state index in [0.717, 1.165) is 11.3 Å². The first-order valence-corrected chi connectivity index (χ1v) is 7.40. The minimum atomic E-state index is -0.343. The number of hydrogen-bond donors (Lipinski definition) is 2. The Bertz CT molecular complexity index is 802. The molecule has 6 heteroatoms. The van der Waals surface area contributed by atoms with Crippen molar-refractivity contribution in [1.29, 1.82) is 0 Å². The zero-order valence-corrected chi connectivity index (χ0v) is 12.9. The predicted octanol–water partition coefficient (Wildman–Crippen LogP) is 4.32. The third-order valence-corrected chi connectivity index (χ3v) is 3.37. The van der Waals surface area contributed by atoms with Crippen molar-refractivity contribution in [3.05, 3.63) is 71.4 Å². The molecule has 2 N–H and O–H groups in total. The van der Waals surface area contributed by atoms with Crippen LogP contribution in [0, 0.1) is 0 Å². The van der Waals surface area contributed by atoms with Crippen molar-refractivity contribution in [2.45, 2.75) is 6.54 Å². The molecule has 0 aliphatic rings. The lowest BCUT2D eigenvalue weighted by Gasteiger charge is -2.06. The summed E-state index contributed by atoms with van der Waals surface area (Å²) in [6.45, 7) is 0.242. The second-order valence-corrected chi connectivity index (χ2v) is 5.30. The van der Waals surface area contributed by atoms with E-state index in [1.807, 2.05) is 30.3 Å². The number of anilines is 1. The minimum absolute atomic E-state index is 0.242. The SMILES string of the molecule is O=C(NCc1cc(-c2ccccc2)no1)Nc1cccc(Cl)c1. The van der Waals surface area contributed by atoms with Crippen LogP contribution in [0.4, 0.5) is 10.5 Å². The van der Waals surface area contributed by atoms with Crippen LogP contribution in [0.3, 0.4) is 0 Å². The van der Waals surface area contributed by atoms with E-state index in [9.17, 15) is 4.79 Å². The summed E-state index contributed by atoms with van der Waals surface area (Å²) in [7, 11) is 0. The molecule has 0 atom stereocenters. The molecule has 0 saturated carbocycles. The van der Waals surface area contributed by atoms with Gasteiger partial charge in [0.1, 0.15) is 5.69 Å². The van der Waals surface area contributed by atoms with Crippen LogP contribution >= 0.6 is 11.6 Å². The van der Waals surface area contributed by atoms with E-state index in [1.54, 1.807) is 30.3 Å². The fraction of sp³-hybridized carbons (Fsp3) is 0.0588. The van der Waals surface area contributed by atoms with Crippen LogP contribution in [0.15, 0.2) is 65.2 Å². The van der Waals surface area contributed by atoms with E-state index in [4.69, 9.17) is 16.1 Å². The molecule has 0 radical (unpaired) electrons. The summed E-state index contributed by atoms with van der Waals surface area (Å²) in [5.74, 6) is 0.574. The molecule has 5 nitrogen and oxygen atoms in total. The number of amides is 2. The Morgan fingerprint density at radius 3 is 2.70 bits per heavy atom. The molecule has 0 spiro atoms. The lowest BCUT2D eigenvalue weighted by atomic mass is 10.1. The number of carbonyl (C=O) groups excluding carboxylic acids is 1. The zero-order chi connectivity index (χ0) is 16.1. The number of nitrogens with zero attached hydrogens (tertiary/aromatic N) is 1. The average molecular weight is 328 g/mol. The summed E-state index contributed by atoms with van der Waals surface area (Å²) in [6.07, 6.45) is 0. The van der Waals surface area contributed by atoms with Crippen LogP contribution in [0.1, 0.15) is 5.76 Å². The average Bonchev–Trinajstić information content (AvgIpc) is 3.03. The van der Waals surface area contributed by atoms with Gasteiger partial charge in [0.05, 0.1) is 6.54 Å². The predicted molar refractivity (Wildman–Crippen MR) is 89.2 cm³/mol.